The molecule has 32 heavy (non-hydrogen) atoms. The zero-order valence-electron chi connectivity index (χ0n) is 17.8. The van der Waals surface area contributed by atoms with E-state index in [2.05, 4.69) is 20.1 Å². The molecule has 1 aliphatic carbocycles. The Kier molecular flexibility index (Phi) is 5.10. The summed E-state index contributed by atoms with van der Waals surface area (Å²) in [6, 6.07) is 2.83. The molecule has 0 aromatic carbocycles. The van der Waals surface area contributed by atoms with E-state index >= 15 is 4.39 Å². The molecule has 0 spiro atoms. The number of hydrogen-bond acceptors (Lipinski definition) is 5. The molecule has 2 atom stereocenters. The lowest BCUT2D eigenvalue weighted by Gasteiger charge is -2.37. The molecule has 3 aromatic rings. The molecule has 4 heterocycles. The van der Waals surface area contributed by atoms with E-state index in [0.717, 1.165) is 12.8 Å². The lowest BCUT2D eigenvalue weighted by atomic mass is 9.84. The maximum atomic E-state index is 15.1. The van der Waals surface area contributed by atoms with Crippen molar-refractivity contribution >= 4 is 11.7 Å². The minimum absolute atomic E-state index is 0.0293. The number of aromatic nitrogens is 5. The number of hydrogen-bond donors (Lipinski definition) is 0. The summed E-state index contributed by atoms with van der Waals surface area (Å²) in [6.45, 7) is 4.50. The Balaban J connectivity index is 1.49. The van der Waals surface area contributed by atoms with Crippen LogP contribution in [0.3, 0.4) is 0 Å². The minimum Gasteiger partial charge on any atom is -0.338 e. The van der Waals surface area contributed by atoms with E-state index in [1.54, 1.807) is 11.8 Å². The van der Waals surface area contributed by atoms with Crippen LogP contribution in [-0.2, 0) is 0 Å². The standard InChI is InChI=1S/C22H23F3N6O/c1-11-5-6-30(21(32)14-7-12(2)28-19(18(14)23)13-3-4-13)9-15(11)17-8-16(20(24)25)29-22-26-10-27-31(17)22/h7-8,10-11,13,15,20H,3-6,9H2,1-2H3/t11-,15-/m1/s1. The van der Waals surface area contributed by atoms with Gasteiger partial charge in [0.1, 0.15) is 12.0 Å². The van der Waals surface area contributed by atoms with Crippen molar-refractivity contribution < 1.29 is 18.0 Å². The number of pyridine rings is 1. The molecule has 3 aromatic heterocycles. The first-order chi connectivity index (χ1) is 15.3. The number of carbonyl (C=O) groups is 1. The molecule has 0 radical (unpaired) electrons. The monoisotopic (exact) mass is 444 g/mol. The van der Waals surface area contributed by atoms with Crippen LogP contribution in [0.2, 0.25) is 0 Å². The van der Waals surface area contributed by atoms with Crippen LogP contribution in [0.4, 0.5) is 13.2 Å². The van der Waals surface area contributed by atoms with E-state index in [-0.39, 0.29) is 41.3 Å². The van der Waals surface area contributed by atoms with Crippen molar-refractivity contribution in [3.8, 4) is 0 Å². The highest BCUT2D eigenvalue weighted by Gasteiger charge is 2.36. The van der Waals surface area contributed by atoms with Crippen LogP contribution < -0.4 is 0 Å². The maximum absolute atomic E-state index is 15.1. The molecule has 5 rings (SSSR count). The number of likely N-dealkylation sites (tertiary alicyclic amines) is 1. The Morgan fingerprint density at radius 3 is 2.69 bits per heavy atom. The third-order valence-electron chi connectivity index (χ3n) is 6.45. The van der Waals surface area contributed by atoms with Crippen LogP contribution in [0.5, 0.6) is 0 Å². The van der Waals surface area contributed by atoms with E-state index in [0.29, 0.717) is 30.0 Å². The summed E-state index contributed by atoms with van der Waals surface area (Å²) in [6.07, 6.45) is 0.938. The maximum Gasteiger partial charge on any atom is 0.280 e. The van der Waals surface area contributed by atoms with E-state index in [1.807, 2.05) is 6.92 Å². The van der Waals surface area contributed by atoms with E-state index < -0.39 is 18.1 Å². The second-order valence-electron chi connectivity index (χ2n) is 8.79. The predicted octanol–water partition coefficient (Wildman–Crippen LogP) is 4.05. The van der Waals surface area contributed by atoms with Crippen molar-refractivity contribution in [2.75, 3.05) is 13.1 Å². The first-order valence-corrected chi connectivity index (χ1v) is 10.8. The molecule has 1 saturated carbocycles. The second-order valence-corrected chi connectivity index (χ2v) is 8.79. The van der Waals surface area contributed by atoms with Gasteiger partial charge in [0.25, 0.3) is 18.1 Å². The third kappa shape index (κ3) is 3.61. The molecule has 7 nitrogen and oxygen atoms in total. The van der Waals surface area contributed by atoms with Crippen LogP contribution in [0.25, 0.3) is 5.78 Å². The number of piperidine rings is 1. The molecule has 1 aliphatic heterocycles. The van der Waals surface area contributed by atoms with Crippen molar-refractivity contribution in [2.24, 2.45) is 5.92 Å². The van der Waals surface area contributed by atoms with Gasteiger partial charge in [-0.05, 0) is 44.2 Å². The zero-order valence-corrected chi connectivity index (χ0v) is 17.8. The summed E-state index contributed by atoms with van der Waals surface area (Å²) in [5.74, 6) is -0.929. The highest BCUT2D eigenvalue weighted by atomic mass is 19.3. The topological polar surface area (TPSA) is 76.3 Å². The summed E-state index contributed by atoms with van der Waals surface area (Å²) in [7, 11) is 0. The Bertz CT molecular complexity index is 1190. The number of alkyl halides is 2. The third-order valence-corrected chi connectivity index (χ3v) is 6.45. The second kappa shape index (κ2) is 7.83. The quantitative estimate of drug-likeness (QED) is 0.607. The van der Waals surface area contributed by atoms with Gasteiger partial charge in [-0.2, -0.15) is 10.1 Å². The van der Waals surface area contributed by atoms with Crippen LogP contribution in [0.1, 0.15) is 77.6 Å². The lowest BCUT2D eigenvalue weighted by Crippen LogP contribution is -2.43. The van der Waals surface area contributed by atoms with E-state index in [4.69, 9.17) is 0 Å². The number of halogens is 3. The summed E-state index contributed by atoms with van der Waals surface area (Å²) in [5.41, 5.74) is 1.16. The Labute approximate surface area is 182 Å². The Morgan fingerprint density at radius 1 is 1.19 bits per heavy atom. The van der Waals surface area contributed by atoms with Gasteiger partial charge >= 0.3 is 0 Å². The highest BCUT2D eigenvalue weighted by molar-refractivity contribution is 5.95. The molecule has 2 aliphatic rings. The van der Waals surface area contributed by atoms with E-state index in [1.165, 1.54) is 23.0 Å². The van der Waals surface area contributed by atoms with Crippen molar-refractivity contribution in [2.45, 2.75) is 51.4 Å². The Hall–Kier alpha value is -3.04. The largest absolute Gasteiger partial charge is 0.338 e. The lowest BCUT2D eigenvalue weighted by molar-refractivity contribution is 0.0660. The molecule has 1 saturated heterocycles. The number of carbonyl (C=O) groups excluding carboxylic acids is 1. The minimum atomic E-state index is -2.75. The molecule has 0 N–H and O–H groups in total. The highest BCUT2D eigenvalue weighted by Crippen LogP contribution is 2.41. The van der Waals surface area contributed by atoms with Gasteiger partial charge in [-0.25, -0.2) is 22.7 Å². The fourth-order valence-electron chi connectivity index (χ4n) is 4.50. The van der Waals surface area contributed by atoms with Crippen LogP contribution in [0.15, 0.2) is 18.5 Å². The first-order valence-electron chi connectivity index (χ1n) is 10.8. The van der Waals surface area contributed by atoms with Crippen LogP contribution in [-0.4, -0.2) is 48.5 Å². The van der Waals surface area contributed by atoms with Crippen molar-refractivity contribution in [1.82, 2.24) is 29.5 Å². The van der Waals surface area contributed by atoms with Crippen LogP contribution in [0, 0.1) is 18.7 Å². The zero-order chi connectivity index (χ0) is 22.6. The van der Waals surface area contributed by atoms with Gasteiger partial charge in [0.15, 0.2) is 5.82 Å². The van der Waals surface area contributed by atoms with Gasteiger partial charge < -0.3 is 4.90 Å². The number of rotatable bonds is 4. The summed E-state index contributed by atoms with van der Waals surface area (Å²) >= 11 is 0. The smallest absolute Gasteiger partial charge is 0.280 e. The van der Waals surface area contributed by atoms with Gasteiger partial charge in [0.2, 0.25) is 0 Å². The SMILES string of the molecule is Cc1cc(C(=O)N2CC[C@@H](C)[C@H](c3cc(C(F)F)nc4ncnn34)C2)c(F)c(C2CC2)n1. The van der Waals surface area contributed by atoms with Crippen molar-refractivity contribution in [3.05, 3.63) is 52.6 Å². The molecular formula is C22H23F3N6O. The summed E-state index contributed by atoms with van der Waals surface area (Å²) in [4.78, 5) is 27.1. The van der Waals surface area contributed by atoms with Crippen LogP contribution >= 0.6 is 0 Å². The fourth-order valence-corrected chi connectivity index (χ4v) is 4.50. The number of aryl methyl sites for hydroxylation is 1. The predicted molar refractivity (Wildman–Crippen MR) is 109 cm³/mol. The Morgan fingerprint density at radius 2 is 1.97 bits per heavy atom. The van der Waals surface area contributed by atoms with E-state index in [9.17, 15) is 13.6 Å². The van der Waals surface area contributed by atoms with Gasteiger partial charge in [0, 0.05) is 30.6 Å². The summed E-state index contributed by atoms with van der Waals surface area (Å²) < 4.78 is 43.4. The fraction of sp³-hybridized carbons (Fsp3) is 0.500. The molecule has 10 heteroatoms. The average molecular weight is 444 g/mol. The molecular weight excluding hydrogens is 421 g/mol. The first kappa shape index (κ1) is 20.8. The number of amides is 1. The van der Waals surface area contributed by atoms with Gasteiger partial charge in [0.05, 0.1) is 17.0 Å². The number of nitrogens with zero attached hydrogens (tertiary/aromatic N) is 6. The van der Waals surface area contributed by atoms with Gasteiger partial charge in [-0.3, -0.25) is 9.78 Å². The average Bonchev–Trinajstić information content (AvgIpc) is 3.50. The molecule has 0 unspecified atom stereocenters. The summed E-state index contributed by atoms with van der Waals surface area (Å²) in [5, 5.41) is 4.15. The normalized spacial score (nSPS) is 21.5. The molecule has 168 valence electrons. The number of fused-ring (bicyclic) bond motifs is 1. The van der Waals surface area contributed by atoms with Crippen molar-refractivity contribution in [3.63, 3.8) is 0 Å². The molecule has 2 fully saturated rings. The molecule has 0 bridgehead atoms. The van der Waals surface area contributed by atoms with Gasteiger partial charge in [-0.1, -0.05) is 6.92 Å². The molecule has 1 amide bonds. The van der Waals surface area contributed by atoms with Gasteiger partial charge in [-0.15, -0.1) is 0 Å². The van der Waals surface area contributed by atoms with Crippen molar-refractivity contribution in [1.29, 1.82) is 0 Å².